The van der Waals surface area contributed by atoms with Gasteiger partial charge in [-0.25, -0.2) is 0 Å². The molecule has 0 aliphatic heterocycles. The average Bonchev–Trinajstić information content (AvgIpc) is 2.26. The lowest BCUT2D eigenvalue weighted by Gasteiger charge is -2.26. The number of carbonyl (C=O) groups is 1. The molecule has 0 aromatic heterocycles. The second-order valence-corrected chi connectivity index (χ2v) is 4.91. The van der Waals surface area contributed by atoms with Crippen molar-refractivity contribution in [1.29, 1.82) is 0 Å². The number of benzene rings is 1. The van der Waals surface area contributed by atoms with Gasteiger partial charge in [0.25, 0.3) is 0 Å². The van der Waals surface area contributed by atoms with Crippen molar-refractivity contribution in [3.05, 3.63) is 29.3 Å². The second kappa shape index (κ2) is 5.32. The van der Waals surface area contributed by atoms with Crippen LogP contribution in [0.3, 0.4) is 0 Å². The van der Waals surface area contributed by atoms with Gasteiger partial charge in [0.05, 0.1) is 6.04 Å². The summed E-state index contributed by atoms with van der Waals surface area (Å²) in [7, 11) is 1.79. The van der Waals surface area contributed by atoms with E-state index in [-0.39, 0.29) is 11.8 Å². The molecule has 1 amide bonds. The minimum absolute atomic E-state index is 0.0302. The zero-order valence-electron chi connectivity index (χ0n) is 11.3. The fourth-order valence-corrected chi connectivity index (χ4v) is 1.95. The molecule has 0 saturated heterocycles. The first-order valence-electron chi connectivity index (χ1n) is 5.95. The third-order valence-electron chi connectivity index (χ3n) is 3.11. The number of para-hydroxylation sites is 1. The first-order chi connectivity index (χ1) is 7.86. The molecule has 3 nitrogen and oxygen atoms in total. The lowest BCUT2D eigenvalue weighted by molar-refractivity contribution is -0.120. The molecular formula is C14H22N2O. The smallest absolute Gasteiger partial charge is 0.243 e. The molecule has 0 aliphatic carbocycles. The highest BCUT2D eigenvalue weighted by molar-refractivity contribution is 5.98. The number of hydrogen-bond acceptors (Lipinski definition) is 2. The van der Waals surface area contributed by atoms with Gasteiger partial charge < -0.3 is 10.6 Å². The van der Waals surface area contributed by atoms with E-state index in [0.29, 0.717) is 0 Å². The third kappa shape index (κ3) is 2.86. The highest BCUT2D eigenvalue weighted by Crippen LogP contribution is 2.24. The Morgan fingerprint density at radius 1 is 1.24 bits per heavy atom. The van der Waals surface area contributed by atoms with E-state index in [4.69, 9.17) is 5.73 Å². The minimum Gasteiger partial charge on any atom is -0.320 e. The Kier molecular flexibility index (Phi) is 4.29. The number of aryl methyl sites for hydroxylation is 2. The number of carbonyl (C=O) groups excluding carboxylic acids is 1. The maximum absolute atomic E-state index is 12.2. The fraction of sp³-hybridized carbons (Fsp3) is 0.500. The Labute approximate surface area is 104 Å². The quantitative estimate of drug-likeness (QED) is 0.872. The van der Waals surface area contributed by atoms with Crippen LogP contribution in [0, 0.1) is 19.8 Å². The molecule has 0 unspecified atom stereocenters. The Bertz CT molecular complexity index is 392. The van der Waals surface area contributed by atoms with Crippen molar-refractivity contribution in [1.82, 2.24) is 0 Å². The van der Waals surface area contributed by atoms with E-state index in [1.165, 1.54) is 0 Å². The molecular weight excluding hydrogens is 212 g/mol. The molecule has 1 rings (SSSR count). The summed E-state index contributed by atoms with van der Waals surface area (Å²) in [6, 6.07) is 5.56. The molecule has 0 heterocycles. The summed E-state index contributed by atoms with van der Waals surface area (Å²) in [4.78, 5) is 13.9. The summed E-state index contributed by atoms with van der Waals surface area (Å²) in [5, 5.41) is 0. The van der Waals surface area contributed by atoms with Crippen molar-refractivity contribution >= 4 is 11.6 Å². The van der Waals surface area contributed by atoms with Crippen LogP contribution in [0.5, 0.6) is 0 Å². The maximum Gasteiger partial charge on any atom is 0.243 e. The van der Waals surface area contributed by atoms with E-state index in [0.717, 1.165) is 16.8 Å². The lowest BCUT2D eigenvalue weighted by atomic mass is 10.0. The summed E-state index contributed by atoms with van der Waals surface area (Å²) in [6.07, 6.45) is 0. The molecule has 0 bridgehead atoms. The fourth-order valence-electron chi connectivity index (χ4n) is 1.95. The Hall–Kier alpha value is -1.35. The predicted octanol–water partition coefficient (Wildman–Crippen LogP) is 2.25. The van der Waals surface area contributed by atoms with Crippen molar-refractivity contribution in [2.24, 2.45) is 11.7 Å². The van der Waals surface area contributed by atoms with Crippen molar-refractivity contribution in [2.75, 3.05) is 11.9 Å². The largest absolute Gasteiger partial charge is 0.320 e. The van der Waals surface area contributed by atoms with Crippen LogP contribution in [0.1, 0.15) is 25.0 Å². The SMILES string of the molecule is Cc1cccc(C)c1N(C)C(=O)[C@@H](N)C(C)C. The van der Waals surface area contributed by atoms with Gasteiger partial charge >= 0.3 is 0 Å². The van der Waals surface area contributed by atoms with Crippen LogP contribution in [0.2, 0.25) is 0 Å². The number of anilines is 1. The minimum atomic E-state index is -0.445. The van der Waals surface area contributed by atoms with Crippen molar-refractivity contribution in [2.45, 2.75) is 33.7 Å². The van der Waals surface area contributed by atoms with E-state index in [1.807, 2.05) is 45.9 Å². The highest BCUT2D eigenvalue weighted by atomic mass is 16.2. The lowest BCUT2D eigenvalue weighted by Crippen LogP contribution is -2.45. The van der Waals surface area contributed by atoms with Gasteiger partial charge in [-0.1, -0.05) is 32.0 Å². The van der Waals surface area contributed by atoms with Crippen LogP contribution in [0.25, 0.3) is 0 Å². The second-order valence-electron chi connectivity index (χ2n) is 4.91. The molecule has 2 N–H and O–H groups in total. The number of nitrogens with zero attached hydrogens (tertiary/aromatic N) is 1. The molecule has 1 aromatic rings. The number of hydrogen-bond donors (Lipinski definition) is 1. The molecule has 0 radical (unpaired) electrons. The van der Waals surface area contributed by atoms with Crippen LogP contribution in [-0.4, -0.2) is 19.0 Å². The summed E-state index contributed by atoms with van der Waals surface area (Å²) in [5.74, 6) is 0.117. The van der Waals surface area contributed by atoms with E-state index < -0.39 is 6.04 Å². The number of amides is 1. The Morgan fingerprint density at radius 3 is 2.12 bits per heavy atom. The Balaban J connectivity index is 3.05. The van der Waals surface area contributed by atoms with Crippen molar-refractivity contribution in [3.63, 3.8) is 0 Å². The molecule has 1 aromatic carbocycles. The van der Waals surface area contributed by atoms with Crippen molar-refractivity contribution < 1.29 is 4.79 Å². The van der Waals surface area contributed by atoms with Crippen LogP contribution in [-0.2, 0) is 4.79 Å². The van der Waals surface area contributed by atoms with Gasteiger partial charge in [-0.15, -0.1) is 0 Å². The number of nitrogens with two attached hydrogens (primary N) is 1. The topological polar surface area (TPSA) is 46.3 Å². The van der Waals surface area contributed by atoms with Gasteiger partial charge in [-0.3, -0.25) is 4.79 Å². The van der Waals surface area contributed by atoms with Gasteiger partial charge in [0.1, 0.15) is 0 Å². The monoisotopic (exact) mass is 234 g/mol. The third-order valence-corrected chi connectivity index (χ3v) is 3.11. The molecule has 0 fully saturated rings. The van der Waals surface area contributed by atoms with Gasteiger partial charge in [0, 0.05) is 12.7 Å². The van der Waals surface area contributed by atoms with Crippen molar-refractivity contribution in [3.8, 4) is 0 Å². The maximum atomic E-state index is 12.2. The van der Waals surface area contributed by atoms with E-state index in [9.17, 15) is 4.79 Å². The van der Waals surface area contributed by atoms with E-state index >= 15 is 0 Å². The summed E-state index contributed by atoms with van der Waals surface area (Å²) in [5.41, 5.74) is 9.06. The summed E-state index contributed by atoms with van der Waals surface area (Å²) < 4.78 is 0. The highest BCUT2D eigenvalue weighted by Gasteiger charge is 2.23. The van der Waals surface area contributed by atoms with Gasteiger partial charge in [-0.2, -0.15) is 0 Å². The first-order valence-corrected chi connectivity index (χ1v) is 5.95. The molecule has 17 heavy (non-hydrogen) atoms. The summed E-state index contributed by atoms with van der Waals surface area (Å²) >= 11 is 0. The normalized spacial score (nSPS) is 12.6. The van der Waals surface area contributed by atoms with Crippen LogP contribution in [0.4, 0.5) is 5.69 Å². The molecule has 0 spiro atoms. The van der Waals surface area contributed by atoms with Crippen LogP contribution in [0.15, 0.2) is 18.2 Å². The standard InChI is InChI=1S/C14H22N2O/c1-9(2)12(15)14(17)16(5)13-10(3)7-6-8-11(13)4/h6-9,12H,15H2,1-5H3/t12-/m0/s1. The first kappa shape index (κ1) is 13.7. The molecule has 1 atom stereocenters. The predicted molar refractivity (Wildman–Crippen MR) is 72.1 cm³/mol. The van der Waals surface area contributed by atoms with E-state index in [2.05, 4.69) is 0 Å². The van der Waals surface area contributed by atoms with Gasteiger partial charge in [-0.05, 0) is 30.9 Å². The van der Waals surface area contributed by atoms with Crippen LogP contribution < -0.4 is 10.6 Å². The zero-order chi connectivity index (χ0) is 13.2. The zero-order valence-corrected chi connectivity index (χ0v) is 11.3. The molecule has 0 saturated carbocycles. The van der Waals surface area contributed by atoms with Gasteiger partial charge in [0.15, 0.2) is 0 Å². The average molecular weight is 234 g/mol. The van der Waals surface area contributed by atoms with Crippen LogP contribution >= 0.6 is 0 Å². The molecule has 3 heteroatoms. The number of rotatable bonds is 3. The van der Waals surface area contributed by atoms with E-state index in [1.54, 1.807) is 11.9 Å². The number of likely N-dealkylation sites (N-methyl/N-ethyl adjacent to an activating group) is 1. The molecule has 0 aliphatic rings. The molecule has 94 valence electrons. The Morgan fingerprint density at radius 2 is 1.71 bits per heavy atom. The summed E-state index contributed by atoms with van der Waals surface area (Å²) in [6.45, 7) is 7.93. The van der Waals surface area contributed by atoms with Gasteiger partial charge in [0.2, 0.25) is 5.91 Å².